The minimum Gasteiger partial charge on any atom is -0.384 e. The summed E-state index contributed by atoms with van der Waals surface area (Å²) in [5, 5.41) is 7.90. The summed E-state index contributed by atoms with van der Waals surface area (Å²) >= 11 is 0. The molecule has 5 aromatic rings. The van der Waals surface area contributed by atoms with Gasteiger partial charge in [0.2, 0.25) is 0 Å². The number of halogens is 1. The van der Waals surface area contributed by atoms with Crippen molar-refractivity contribution in [3.8, 4) is 0 Å². The molecule has 6 aliphatic rings. The number of nitrogen functional groups attached to an aromatic ring is 5. The molecule has 0 aromatic carbocycles. The SMILES string of the molecule is CC1=NC2=C(C1)CN(Cc1ccc(N)nc1)CC2.CCC(=O)C1CCN(Cc2ccc(N)nc2)CC1.C[C@H]1COC[C@H](C)N1Cc1ccc(N)nc1.Nc1ccc(CN2CCCCC2)nn1.Nc1ccc(CN2CCN(CCF)CC2)cn1. The number of alkyl halides is 1. The number of Topliss-reactive ketones (excluding diaryl/α,β-unsaturated/α-hetero) is 1. The van der Waals surface area contributed by atoms with Gasteiger partial charge in [-0.25, -0.2) is 24.3 Å². The van der Waals surface area contributed by atoms with Crippen LogP contribution in [0.2, 0.25) is 0 Å². The zero-order valence-electron chi connectivity index (χ0n) is 49.8. The number of nitrogens with zero attached hydrogens (tertiary/aromatic N) is 13. The molecular weight excluding hydrogens is 1050 g/mol. The molecule has 0 aliphatic carbocycles. The van der Waals surface area contributed by atoms with Crippen molar-refractivity contribution < 1.29 is 13.9 Å². The molecule has 11 heterocycles. The molecule has 83 heavy (non-hydrogen) atoms. The maximum Gasteiger partial charge on any atom is 0.146 e. The molecule has 0 radical (unpaired) electrons. The van der Waals surface area contributed by atoms with E-state index in [9.17, 15) is 9.18 Å². The maximum absolute atomic E-state index is 12.2. The summed E-state index contributed by atoms with van der Waals surface area (Å²) in [6, 6.07) is 20.2. The van der Waals surface area contributed by atoms with Crippen molar-refractivity contribution in [2.45, 2.75) is 124 Å². The highest BCUT2D eigenvalue weighted by atomic mass is 19.1. The smallest absolute Gasteiger partial charge is 0.146 e. The monoisotopic (exact) mass is 1140 g/mol. The number of carbonyl (C=O) groups is 1. The number of morpholine rings is 1. The Morgan fingerprint density at radius 3 is 1.53 bits per heavy atom. The number of hydrogen-bond donors (Lipinski definition) is 5. The van der Waals surface area contributed by atoms with Crippen molar-refractivity contribution in [3.63, 3.8) is 0 Å². The fraction of sp³-hybridized carbons (Fsp3) is 0.548. The Bertz CT molecular complexity index is 2720. The lowest BCUT2D eigenvalue weighted by Gasteiger charge is -2.38. The van der Waals surface area contributed by atoms with Crippen LogP contribution >= 0.6 is 0 Å². The van der Waals surface area contributed by atoms with Crippen LogP contribution in [0.25, 0.3) is 0 Å². The van der Waals surface area contributed by atoms with E-state index < -0.39 is 0 Å². The predicted molar refractivity (Wildman–Crippen MR) is 331 cm³/mol. The highest BCUT2D eigenvalue weighted by Gasteiger charge is 2.27. The summed E-state index contributed by atoms with van der Waals surface area (Å²) in [7, 11) is 0. The molecular formula is C62H93FN18O2. The second-order valence-corrected chi connectivity index (χ2v) is 22.8. The first-order valence-corrected chi connectivity index (χ1v) is 29.9. The molecule has 0 unspecified atom stereocenters. The van der Waals surface area contributed by atoms with Crippen LogP contribution in [0, 0.1) is 5.92 Å². The molecule has 4 fully saturated rings. The first-order valence-electron chi connectivity index (χ1n) is 29.9. The van der Waals surface area contributed by atoms with Gasteiger partial charge >= 0.3 is 0 Å². The molecule has 5 aromatic heterocycles. The van der Waals surface area contributed by atoms with E-state index in [1.165, 1.54) is 71.6 Å². The summed E-state index contributed by atoms with van der Waals surface area (Å²) in [4.78, 5) is 46.9. The quantitative estimate of drug-likeness (QED) is 0.0756. The van der Waals surface area contributed by atoms with E-state index in [0.717, 1.165) is 130 Å². The van der Waals surface area contributed by atoms with E-state index in [2.05, 4.69) is 91.4 Å². The van der Waals surface area contributed by atoms with Crippen LogP contribution in [-0.2, 0) is 42.3 Å². The van der Waals surface area contributed by atoms with E-state index in [-0.39, 0.29) is 12.6 Å². The molecule has 10 N–H and O–H groups in total. The van der Waals surface area contributed by atoms with E-state index in [1.54, 1.807) is 0 Å². The van der Waals surface area contributed by atoms with Gasteiger partial charge in [0.1, 0.15) is 41.5 Å². The highest BCUT2D eigenvalue weighted by molar-refractivity contribution is 5.88. The van der Waals surface area contributed by atoms with E-state index in [1.807, 2.05) is 86.3 Å². The van der Waals surface area contributed by atoms with Gasteiger partial charge in [-0.3, -0.25) is 39.2 Å². The number of aromatic nitrogens is 6. The number of hydrogen-bond acceptors (Lipinski definition) is 20. The largest absolute Gasteiger partial charge is 0.384 e. The number of nitrogens with two attached hydrogens (primary N) is 5. The zero-order valence-corrected chi connectivity index (χ0v) is 49.8. The number of pyridine rings is 4. The second-order valence-electron chi connectivity index (χ2n) is 22.8. The van der Waals surface area contributed by atoms with Crippen molar-refractivity contribution in [2.75, 3.05) is 121 Å². The molecule has 2 atom stereocenters. The number of piperazine rings is 1. The van der Waals surface area contributed by atoms with Gasteiger partial charge in [0.25, 0.3) is 0 Å². The number of likely N-dealkylation sites (tertiary alicyclic amines) is 2. The Morgan fingerprint density at radius 2 is 1.05 bits per heavy atom. The molecule has 0 saturated carbocycles. The van der Waals surface area contributed by atoms with Crippen molar-refractivity contribution >= 4 is 40.6 Å². The minimum absolute atomic E-state index is 0.248. The van der Waals surface area contributed by atoms with E-state index >= 15 is 0 Å². The van der Waals surface area contributed by atoms with Gasteiger partial charge < -0.3 is 33.4 Å². The number of piperidine rings is 2. The first kappa shape index (κ1) is 64.0. The van der Waals surface area contributed by atoms with Gasteiger partial charge in [-0.2, -0.15) is 5.10 Å². The average molecular weight is 1140 g/mol. The van der Waals surface area contributed by atoms with E-state index in [0.29, 0.717) is 59.9 Å². The molecule has 0 amide bonds. The first-order chi connectivity index (χ1) is 40.2. The Kier molecular flexibility index (Phi) is 25.9. The molecule has 0 spiro atoms. The predicted octanol–water partition coefficient (Wildman–Crippen LogP) is 6.91. The molecule has 450 valence electrons. The van der Waals surface area contributed by atoms with Crippen LogP contribution in [0.3, 0.4) is 0 Å². The summed E-state index contributed by atoms with van der Waals surface area (Å²) in [6.07, 6.45) is 16.2. The van der Waals surface area contributed by atoms with Gasteiger partial charge in [-0.15, -0.1) is 5.10 Å². The lowest BCUT2D eigenvalue weighted by molar-refractivity contribution is -0.124. The fourth-order valence-corrected chi connectivity index (χ4v) is 11.1. The lowest BCUT2D eigenvalue weighted by Crippen LogP contribution is -2.48. The van der Waals surface area contributed by atoms with Crippen LogP contribution in [0.15, 0.2) is 102 Å². The third-order valence-corrected chi connectivity index (χ3v) is 15.9. The summed E-state index contributed by atoms with van der Waals surface area (Å²) in [5.41, 5.74) is 37.7. The second kappa shape index (κ2) is 33.6. The van der Waals surface area contributed by atoms with Gasteiger partial charge in [0, 0.05) is 152 Å². The van der Waals surface area contributed by atoms with Gasteiger partial charge in [-0.05, 0) is 137 Å². The number of aliphatic imine (C=N–C) groups is 1. The third kappa shape index (κ3) is 22.2. The topological polar surface area (TPSA) is 266 Å². The lowest BCUT2D eigenvalue weighted by atomic mass is 9.91. The number of ketones is 1. The van der Waals surface area contributed by atoms with Crippen LogP contribution in [0.5, 0.6) is 0 Å². The van der Waals surface area contributed by atoms with Crippen molar-refractivity contribution in [1.29, 1.82) is 0 Å². The average Bonchev–Trinajstić information content (AvgIpc) is 4.08. The number of rotatable bonds is 14. The van der Waals surface area contributed by atoms with Crippen LogP contribution < -0.4 is 28.7 Å². The number of anilines is 5. The molecule has 11 rings (SSSR count). The van der Waals surface area contributed by atoms with Crippen LogP contribution in [0.1, 0.15) is 107 Å². The fourth-order valence-electron chi connectivity index (χ4n) is 11.1. The van der Waals surface area contributed by atoms with Gasteiger partial charge in [-0.1, -0.05) is 37.6 Å². The number of carbonyl (C=O) groups excluding carboxylic acids is 1. The van der Waals surface area contributed by atoms with Crippen molar-refractivity contribution in [1.82, 2.24) is 59.5 Å². The zero-order chi connectivity index (χ0) is 58.9. The van der Waals surface area contributed by atoms with Crippen LogP contribution in [0.4, 0.5) is 33.5 Å². The Balaban J connectivity index is 0.000000150. The Labute approximate surface area is 492 Å². The third-order valence-electron chi connectivity index (χ3n) is 15.9. The molecule has 6 aliphatic heterocycles. The molecule has 0 bridgehead atoms. The molecule has 4 saturated heterocycles. The summed E-state index contributed by atoms with van der Waals surface area (Å²) in [5.74, 6) is 3.48. The molecule has 21 heteroatoms. The summed E-state index contributed by atoms with van der Waals surface area (Å²) in [6.45, 7) is 25.4. The Morgan fingerprint density at radius 1 is 0.566 bits per heavy atom. The Hall–Kier alpha value is -6.59. The minimum atomic E-state index is -0.248. The summed E-state index contributed by atoms with van der Waals surface area (Å²) < 4.78 is 17.7. The standard InChI is InChI=1S/C14H18N4.C14H21N3O.C12H19FN4.C12H19N3O.C10H16N4/c1-10-6-12-9-18(5-4-13(12)17-10)8-11-2-3-14(15)16-7-11;1-2-13(18)12-5-7-17(8-6-12)10-11-3-4-14(15)16-9-11;13-3-4-16-5-7-17(8-6-16)10-11-1-2-12(14)15-9-11;1-9-7-16-8-10(2)15(9)6-11-3-4-12(13)14-5-11;11-10-5-4-9(12-13-10)8-14-6-2-1-3-7-14/h2-3,7H,4-6,8-9H2,1H3,(H2,15,16);3-4,9,12H,2,5-8,10H2,1H3,(H2,15,16);1-2,9H,3-8,10H2,(H2,14,15);3-5,9-10H,6-8H2,1-2H3,(H2,13,14);4-5H,1-3,6-8H2,(H2,11,13)/t;;;9-,10-;/m...0./s1. The highest BCUT2D eigenvalue weighted by Crippen LogP contribution is 2.28. The maximum atomic E-state index is 12.2. The number of ether oxygens (including phenoxy) is 1. The van der Waals surface area contributed by atoms with Crippen LogP contribution in [-0.4, -0.2) is 175 Å². The van der Waals surface area contributed by atoms with Crippen molar-refractivity contribution in [2.24, 2.45) is 10.9 Å². The molecule has 20 nitrogen and oxygen atoms in total. The normalized spacial score (nSPS) is 20.2. The van der Waals surface area contributed by atoms with Gasteiger partial charge in [0.05, 0.1) is 18.9 Å². The van der Waals surface area contributed by atoms with Crippen molar-refractivity contribution in [3.05, 3.63) is 125 Å². The van der Waals surface area contributed by atoms with E-state index in [4.69, 9.17) is 33.4 Å². The van der Waals surface area contributed by atoms with Gasteiger partial charge in [0.15, 0.2) is 0 Å².